The summed E-state index contributed by atoms with van der Waals surface area (Å²) in [5.74, 6) is 1.45. The fourth-order valence-electron chi connectivity index (χ4n) is 3.69. The maximum atomic E-state index is 12.9. The Kier molecular flexibility index (Phi) is 8.55. The van der Waals surface area contributed by atoms with Gasteiger partial charge in [0.05, 0.1) is 24.1 Å². The Hall–Kier alpha value is -3.07. The van der Waals surface area contributed by atoms with E-state index in [-0.39, 0.29) is 18.1 Å². The first-order valence-electron chi connectivity index (χ1n) is 11.3. The number of nitrogens with zero attached hydrogens (tertiary/aromatic N) is 3. The highest BCUT2D eigenvalue weighted by Gasteiger charge is 2.23. The van der Waals surface area contributed by atoms with Gasteiger partial charge in [-0.15, -0.1) is 10.2 Å². The molecule has 0 bridgehead atoms. The lowest BCUT2D eigenvalue weighted by Crippen LogP contribution is -2.13. The maximum absolute atomic E-state index is 12.9. The minimum Gasteiger partial charge on any atom is -0.486 e. The first-order valence-corrected chi connectivity index (χ1v) is 12.3. The van der Waals surface area contributed by atoms with Gasteiger partial charge in [0.2, 0.25) is 0 Å². The van der Waals surface area contributed by atoms with Crippen molar-refractivity contribution in [2.75, 3.05) is 12.9 Å². The second-order valence-corrected chi connectivity index (χ2v) is 9.46. The Bertz CT molecular complexity index is 1150. The summed E-state index contributed by atoms with van der Waals surface area (Å²) in [5.41, 5.74) is 3.29. The van der Waals surface area contributed by atoms with Gasteiger partial charge in [-0.05, 0) is 49.4 Å². The Balaban J connectivity index is 1.72. The summed E-state index contributed by atoms with van der Waals surface area (Å²) < 4.78 is 12.8. The zero-order valence-corrected chi connectivity index (χ0v) is 21.4. The lowest BCUT2D eigenvalue weighted by atomic mass is 10.1. The number of hydrogen-bond donors (Lipinski definition) is 1. The number of Topliss-reactive ketones (excluding diaryl/α,β-unsaturated/α-hetero) is 1. The van der Waals surface area contributed by atoms with Crippen LogP contribution in [0.3, 0.4) is 0 Å². The number of ether oxygens (including phenoxy) is 2. The highest BCUT2D eigenvalue weighted by molar-refractivity contribution is 7.99. The van der Waals surface area contributed by atoms with E-state index in [4.69, 9.17) is 9.47 Å². The summed E-state index contributed by atoms with van der Waals surface area (Å²) in [7, 11) is 1.33. The predicted octanol–water partition coefficient (Wildman–Crippen LogP) is 4.78. The van der Waals surface area contributed by atoms with Crippen LogP contribution in [0.1, 0.15) is 64.3 Å². The number of aryl methyl sites for hydroxylation is 2. The molecule has 182 valence electrons. The molecule has 9 heteroatoms. The molecule has 1 aromatic carbocycles. The molecule has 34 heavy (non-hydrogen) atoms. The van der Waals surface area contributed by atoms with Crippen LogP contribution in [0.2, 0.25) is 0 Å². The Labute approximate surface area is 204 Å². The summed E-state index contributed by atoms with van der Waals surface area (Å²) in [6.07, 6.45) is 0.980. The lowest BCUT2D eigenvalue weighted by molar-refractivity contribution is 0.0599. The Morgan fingerprint density at radius 3 is 2.47 bits per heavy atom. The van der Waals surface area contributed by atoms with E-state index in [1.165, 1.54) is 24.4 Å². The number of hydrogen-bond acceptors (Lipinski definition) is 7. The summed E-state index contributed by atoms with van der Waals surface area (Å²) in [6.45, 7) is 10.9. The number of benzene rings is 1. The second-order valence-electron chi connectivity index (χ2n) is 8.52. The van der Waals surface area contributed by atoms with Crippen molar-refractivity contribution in [2.45, 2.75) is 59.3 Å². The van der Waals surface area contributed by atoms with E-state index in [9.17, 15) is 9.59 Å². The van der Waals surface area contributed by atoms with Gasteiger partial charge in [-0.2, -0.15) is 0 Å². The summed E-state index contributed by atoms with van der Waals surface area (Å²) in [5, 5.41) is 9.31. The van der Waals surface area contributed by atoms with E-state index in [1.807, 2.05) is 16.7 Å². The van der Waals surface area contributed by atoms with Gasteiger partial charge in [0.15, 0.2) is 16.8 Å². The first kappa shape index (κ1) is 25.6. The van der Waals surface area contributed by atoms with Gasteiger partial charge in [-0.1, -0.05) is 44.7 Å². The van der Waals surface area contributed by atoms with Crippen LogP contribution >= 0.6 is 11.8 Å². The molecule has 3 rings (SSSR count). The van der Waals surface area contributed by atoms with E-state index in [2.05, 4.69) is 48.1 Å². The number of methoxy groups -OCH3 is 1. The van der Waals surface area contributed by atoms with Crippen molar-refractivity contribution < 1.29 is 19.1 Å². The summed E-state index contributed by atoms with van der Waals surface area (Å²) in [4.78, 5) is 28.0. The van der Waals surface area contributed by atoms with E-state index in [1.54, 1.807) is 13.8 Å². The highest BCUT2D eigenvalue weighted by atomic mass is 32.2. The first-order chi connectivity index (χ1) is 16.2. The Morgan fingerprint density at radius 1 is 1.15 bits per heavy atom. The van der Waals surface area contributed by atoms with E-state index >= 15 is 0 Å². The molecule has 2 aromatic heterocycles. The van der Waals surface area contributed by atoms with Crippen LogP contribution in [-0.4, -0.2) is 44.4 Å². The van der Waals surface area contributed by atoms with Crippen molar-refractivity contribution >= 4 is 23.5 Å². The molecule has 0 saturated heterocycles. The SMILES string of the molecule is CCc1ccc(OCc2nnc(SCC(=O)c3[nH]c(C)c(C(=O)OC)c3C)n2CC(C)C)cc1. The molecule has 0 aliphatic rings. The number of thioether (sulfide) groups is 1. The maximum Gasteiger partial charge on any atom is 0.339 e. The van der Waals surface area contributed by atoms with Crippen molar-refractivity contribution in [1.82, 2.24) is 19.7 Å². The van der Waals surface area contributed by atoms with Gasteiger partial charge in [0, 0.05) is 12.2 Å². The van der Waals surface area contributed by atoms with Crippen molar-refractivity contribution in [3.05, 3.63) is 58.2 Å². The molecule has 0 saturated carbocycles. The molecule has 0 fully saturated rings. The van der Waals surface area contributed by atoms with Gasteiger partial charge in [0.25, 0.3) is 0 Å². The fourth-order valence-corrected chi connectivity index (χ4v) is 4.53. The average molecular weight is 485 g/mol. The van der Waals surface area contributed by atoms with Crippen molar-refractivity contribution in [2.24, 2.45) is 5.92 Å². The molecule has 2 heterocycles. The molecule has 0 unspecified atom stereocenters. The number of aromatic nitrogens is 4. The molecule has 0 radical (unpaired) electrons. The zero-order valence-electron chi connectivity index (χ0n) is 20.6. The topological polar surface area (TPSA) is 99.1 Å². The molecular formula is C25H32N4O4S. The standard InChI is InChI=1S/C25H32N4O4S/c1-7-18-8-10-19(11-9-18)33-13-21-27-28-25(29(21)12-15(2)3)34-14-20(30)23-16(4)22(17(5)26-23)24(31)32-6/h8-11,15,26H,7,12-14H2,1-6H3. The number of carbonyl (C=O) groups excluding carboxylic acids is 2. The van der Waals surface area contributed by atoms with Crippen LogP contribution in [0.15, 0.2) is 29.4 Å². The minimum absolute atomic E-state index is 0.117. The predicted molar refractivity (Wildman–Crippen MR) is 132 cm³/mol. The molecule has 8 nitrogen and oxygen atoms in total. The highest BCUT2D eigenvalue weighted by Crippen LogP contribution is 2.24. The van der Waals surface area contributed by atoms with Crippen LogP contribution in [-0.2, 0) is 24.3 Å². The third-order valence-electron chi connectivity index (χ3n) is 5.48. The largest absolute Gasteiger partial charge is 0.486 e. The fraction of sp³-hybridized carbons (Fsp3) is 0.440. The van der Waals surface area contributed by atoms with Crippen molar-refractivity contribution in [3.63, 3.8) is 0 Å². The van der Waals surface area contributed by atoms with Crippen LogP contribution < -0.4 is 4.74 Å². The van der Waals surface area contributed by atoms with Crippen LogP contribution in [0.4, 0.5) is 0 Å². The number of ketones is 1. The molecule has 0 aliphatic carbocycles. The monoisotopic (exact) mass is 484 g/mol. The zero-order chi connectivity index (χ0) is 24.8. The molecule has 0 aliphatic heterocycles. The summed E-state index contributed by atoms with van der Waals surface area (Å²) in [6, 6.07) is 8.02. The van der Waals surface area contributed by atoms with E-state index in [0.29, 0.717) is 46.0 Å². The van der Waals surface area contributed by atoms with E-state index in [0.717, 1.165) is 12.2 Å². The minimum atomic E-state index is -0.455. The molecule has 0 amide bonds. The van der Waals surface area contributed by atoms with Gasteiger partial charge in [0.1, 0.15) is 12.4 Å². The van der Waals surface area contributed by atoms with Crippen LogP contribution in [0.25, 0.3) is 0 Å². The van der Waals surface area contributed by atoms with Crippen molar-refractivity contribution in [1.29, 1.82) is 0 Å². The second kappa shape index (κ2) is 11.4. The number of H-pyrrole nitrogens is 1. The molecule has 3 aromatic rings. The lowest BCUT2D eigenvalue weighted by Gasteiger charge is -2.13. The van der Waals surface area contributed by atoms with Crippen LogP contribution in [0.5, 0.6) is 5.75 Å². The normalized spacial score (nSPS) is 11.1. The number of aromatic amines is 1. The molecule has 0 atom stereocenters. The van der Waals surface area contributed by atoms with Crippen molar-refractivity contribution in [3.8, 4) is 5.75 Å². The number of carbonyl (C=O) groups is 2. The molecule has 1 N–H and O–H groups in total. The third kappa shape index (κ3) is 5.88. The van der Waals surface area contributed by atoms with Gasteiger partial charge < -0.3 is 19.0 Å². The van der Waals surface area contributed by atoms with Crippen LogP contribution in [0, 0.1) is 19.8 Å². The average Bonchev–Trinajstić information content (AvgIpc) is 3.34. The smallest absolute Gasteiger partial charge is 0.339 e. The summed E-state index contributed by atoms with van der Waals surface area (Å²) >= 11 is 1.33. The van der Waals surface area contributed by atoms with Gasteiger partial charge in [-0.3, -0.25) is 4.79 Å². The van der Waals surface area contributed by atoms with E-state index < -0.39 is 5.97 Å². The third-order valence-corrected chi connectivity index (χ3v) is 6.45. The molecule has 0 spiro atoms. The quantitative estimate of drug-likeness (QED) is 0.237. The molecular weight excluding hydrogens is 452 g/mol. The number of esters is 1. The van der Waals surface area contributed by atoms with Gasteiger partial charge >= 0.3 is 5.97 Å². The van der Waals surface area contributed by atoms with Gasteiger partial charge in [-0.25, -0.2) is 4.79 Å². The Morgan fingerprint density at radius 2 is 1.85 bits per heavy atom. The number of rotatable bonds is 11. The number of nitrogens with one attached hydrogen (secondary N) is 1.